The number of aromatic amines is 1. The molecule has 1 saturated heterocycles. The molecule has 1 aliphatic rings. The van der Waals surface area contributed by atoms with Crippen molar-refractivity contribution < 1.29 is 4.74 Å². The summed E-state index contributed by atoms with van der Waals surface area (Å²) in [5, 5.41) is 6.71. The lowest BCUT2D eigenvalue weighted by Gasteiger charge is -2.14. The standard InChI is InChI=1S/C7H13N3.C7H15NO/c1-7(2,3)5-4-6(8)10-9-5;1-9-7-6-8-4-2-3-5-8/h4H,1-3H3,(H3,8,9,10);2-7H2,1H3. The molecule has 5 heteroatoms. The van der Waals surface area contributed by atoms with E-state index in [2.05, 4.69) is 35.9 Å². The first-order valence-electron chi connectivity index (χ1n) is 6.96. The average molecular weight is 268 g/mol. The van der Waals surface area contributed by atoms with E-state index in [4.69, 9.17) is 10.5 Å². The van der Waals surface area contributed by atoms with E-state index in [9.17, 15) is 0 Å². The van der Waals surface area contributed by atoms with Crippen LogP contribution >= 0.6 is 0 Å². The quantitative estimate of drug-likeness (QED) is 0.880. The maximum absolute atomic E-state index is 5.43. The van der Waals surface area contributed by atoms with Gasteiger partial charge < -0.3 is 15.4 Å². The Balaban J connectivity index is 0.000000191. The molecule has 1 aromatic rings. The number of hydrogen-bond acceptors (Lipinski definition) is 4. The van der Waals surface area contributed by atoms with Crippen LogP contribution in [0.4, 0.5) is 5.82 Å². The maximum Gasteiger partial charge on any atom is 0.145 e. The van der Waals surface area contributed by atoms with Gasteiger partial charge in [-0.05, 0) is 25.9 Å². The first-order chi connectivity index (χ1) is 8.93. The van der Waals surface area contributed by atoms with Crippen LogP contribution in [-0.4, -0.2) is 48.4 Å². The maximum atomic E-state index is 5.43. The molecule has 0 unspecified atom stereocenters. The van der Waals surface area contributed by atoms with Crippen LogP contribution < -0.4 is 5.73 Å². The van der Waals surface area contributed by atoms with Crippen molar-refractivity contribution in [3.8, 4) is 0 Å². The number of H-pyrrole nitrogens is 1. The van der Waals surface area contributed by atoms with Gasteiger partial charge in [0.05, 0.1) is 6.61 Å². The van der Waals surface area contributed by atoms with Gasteiger partial charge in [-0.3, -0.25) is 5.10 Å². The third-order valence-corrected chi connectivity index (χ3v) is 3.22. The molecule has 0 radical (unpaired) electrons. The number of hydrogen-bond donors (Lipinski definition) is 2. The highest BCUT2D eigenvalue weighted by Crippen LogP contribution is 2.20. The number of nitrogens with one attached hydrogen (secondary N) is 1. The molecular weight excluding hydrogens is 240 g/mol. The smallest absolute Gasteiger partial charge is 0.145 e. The van der Waals surface area contributed by atoms with Gasteiger partial charge in [0.25, 0.3) is 0 Å². The van der Waals surface area contributed by atoms with Crippen LogP contribution in [0.3, 0.4) is 0 Å². The summed E-state index contributed by atoms with van der Waals surface area (Å²) < 4.78 is 4.96. The van der Waals surface area contributed by atoms with Crippen LogP contribution in [0.5, 0.6) is 0 Å². The SMILES string of the molecule is CC(C)(C)c1cc(N)n[nH]1.COCCN1CCCC1. The Morgan fingerprint density at radius 1 is 1.37 bits per heavy atom. The van der Waals surface area contributed by atoms with Gasteiger partial charge in [0.1, 0.15) is 5.82 Å². The van der Waals surface area contributed by atoms with Gasteiger partial charge >= 0.3 is 0 Å². The highest BCUT2D eigenvalue weighted by Gasteiger charge is 2.15. The van der Waals surface area contributed by atoms with Gasteiger partial charge in [0, 0.05) is 30.8 Å². The molecule has 1 fully saturated rings. The summed E-state index contributed by atoms with van der Waals surface area (Å²) in [5.74, 6) is 0.560. The van der Waals surface area contributed by atoms with Gasteiger partial charge in [-0.1, -0.05) is 20.8 Å². The molecular formula is C14H28N4O. The van der Waals surface area contributed by atoms with Gasteiger partial charge in [-0.25, -0.2) is 0 Å². The van der Waals surface area contributed by atoms with E-state index in [0.29, 0.717) is 5.82 Å². The number of nitrogens with zero attached hydrogens (tertiary/aromatic N) is 2. The van der Waals surface area contributed by atoms with Gasteiger partial charge in [0.15, 0.2) is 0 Å². The monoisotopic (exact) mass is 268 g/mol. The molecule has 19 heavy (non-hydrogen) atoms. The number of aromatic nitrogens is 2. The van der Waals surface area contributed by atoms with E-state index >= 15 is 0 Å². The fraction of sp³-hybridized carbons (Fsp3) is 0.786. The topological polar surface area (TPSA) is 67.2 Å². The molecule has 0 spiro atoms. The zero-order valence-corrected chi connectivity index (χ0v) is 12.7. The number of likely N-dealkylation sites (tertiary alicyclic amines) is 1. The van der Waals surface area contributed by atoms with Crippen LogP contribution in [0.1, 0.15) is 39.3 Å². The zero-order valence-electron chi connectivity index (χ0n) is 12.7. The Bertz CT molecular complexity index is 351. The van der Waals surface area contributed by atoms with E-state index in [1.165, 1.54) is 25.9 Å². The first kappa shape index (κ1) is 16.0. The minimum absolute atomic E-state index is 0.116. The lowest BCUT2D eigenvalue weighted by molar-refractivity contribution is 0.161. The number of nitrogens with two attached hydrogens (primary N) is 1. The Morgan fingerprint density at radius 3 is 2.37 bits per heavy atom. The average Bonchev–Trinajstić information content (AvgIpc) is 2.97. The second-order valence-corrected chi connectivity index (χ2v) is 6.00. The summed E-state index contributed by atoms with van der Waals surface area (Å²) in [6.07, 6.45) is 2.76. The van der Waals surface area contributed by atoms with E-state index in [-0.39, 0.29) is 5.41 Å². The number of anilines is 1. The molecule has 0 aliphatic carbocycles. The fourth-order valence-corrected chi connectivity index (χ4v) is 1.95. The lowest BCUT2D eigenvalue weighted by Crippen LogP contribution is -2.23. The number of nitrogen functional groups attached to an aromatic ring is 1. The second-order valence-electron chi connectivity index (χ2n) is 6.00. The van der Waals surface area contributed by atoms with Crippen LogP contribution in [0.15, 0.2) is 6.07 Å². The third-order valence-electron chi connectivity index (χ3n) is 3.22. The highest BCUT2D eigenvalue weighted by molar-refractivity contribution is 5.31. The molecule has 3 N–H and O–H groups in total. The third kappa shape index (κ3) is 6.07. The summed E-state index contributed by atoms with van der Waals surface area (Å²) in [6.45, 7) is 10.9. The number of ether oxygens (including phenoxy) is 1. The first-order valence-corrected chi connectivity index (χ1v) is 6.96. The molecule has 1 aromatic heterocycles. The Morgan fingerprint density at radius 2 is 2.00 bits per heavy atom. The predicted octanol–water partition coefficient (Wildman–Crippen LogP) is 2.02. The van der Waals surface area contributed by atoms with E-state index in [1.54, 1.807) is 7.11 Å². The van der Waals surface area contributed by atoms with Crippen molar-refractivity contribution in [3.05, 3.63) is 11.8 Å². The molecule has 110 valence electrons. The van der Waals surface area contributed by atoms with Crippen molar-refractivity contribution in [3.63, 3.8) is 0 Å². The van der Waals surface area contributed by atoms with Crippen molar-refractivity contribution in [1.82, 2.24) is 15.1 Å². The number of rotatable bonds is 3. The largest absolute Gasteiger partial charge is 0.383 e. The van der Waals surface area contributed by atoms with Crippen LogP contribution in [-0.2, 0) is 10.2 Å². The van der Waals surface area contributed by atoms with Gasteiger partial charge in [-0.15, -0.1) is 0 Å². The van der Waals surface area contributed by atoms with Crippen molar-refractivity contribution in [1.29, 1.82) is 0 Å². The van der Waals surface area contributed by atoms with Gasteiger partial charge in [-0.2, -0.15) is 5.10 Å². The molecule has 1 aliphatic heterocycles. The Labute approximate surface area is 116 Å². The minimum Gasteiger partial charge on any atom is -0.383 e. The summed E-state index contributed by atoms with van der Waals surface area (Å²) >= 11 is 0. The molecule has 5 nitrogen and oxygen atoms in total. The Hall–Kier alpha value is -1.07. The predicted molar refractivity (Wildman–Crippen MR) is 79.3 cm³/mol. The molecule has 0 saturated carbocycles. The minimum atomic E-state index is 0.116. The van der Waals surface area contributed by atoms with E-state index in [0.717, 1.165) is 18.8 Å². The molecule has 0 aromatic carbocycles. The zero-order chi connectivity index (χ0) is 14.3. The lowest BCUT2D eigenvalue weighted by atomic mass is 9.92. The molecule has 0 atom stereocenters. The van der Waals surface area contributed by atoms with E-state index < -0.39 is 0 Å². The summed E-state index contributed by atoms with van der Waals surface area (Å²) in [4.78, 5) is 2.45. The van der Waals surface area contributed by atoms with Crippen LogP contribution in [0.25, 0.3) is 0 Å². The normalized spacial score (nSPS) is 16.2. The van der Waals surface area contributed by atoms with Crippen molar-refractivity contribution >= 4 is 5.82 Å². The van der Waals surface area contributed by atoms with Crippen molar-refractivity contribution in [2.24, 2.45) is 0 Å². The molecule has 0 bridgehead atoms. The summed E-state index contributed by atoms with van der Waals surface area (Å²) in [6, 6.07) is 1.86. The Kier molecular flexibility index (Phi) is 6.31. The van der Waals surface area contributed by atoms with Crippen molar-refractivity contribution in [2.45, 2.75) is 39.0 Å². The van der Waals surface area contributed by atoms with E-state index in [1.807, 2.05) is 6.07 Å². The highest BCUT2D eigenvalue weighted by atomic mass is 16.5. The van der Waals surface area contributed by atoms with Gasteiger partial charge in [0.2, 0.25) is 0 Å². The number of methoxy groups -OCH3 is 1. The second kappa shape index (κ2) is 7.50. The van der Waals surface area contributed by atoms with Crippen LogP contribution in [0.2, 0.25) is 0 Å². The molecule has 2 heterocycles. The molecule has 0 amide bonds. The summed E-state index contributed by atoms with van der Waals surface area (Å²) in [7, 11) is 1.76. The van der Waals surface area contributed by atoms with Crippen LogP contribution in [0, 0.1) is 0 Å². The fourth-order valence-electron chi connectivity index (χ4n) is 1.95. The summed E-state index contributed by atoms with van der Waals surface area (Å²) in [5.41, 5.74) is 6.62. The van der Waals surface area contributed by atoms with Crippen molar-refractivity contribution in [2.75, 3.05) is 39.1 Å². The molecule has 2 rings (SSSR count).